The molecule has 1 unspecified atom stereocenters. The maximum Gasteiger partial charge on any atom is 0.321 e. The average Bonchev–Trinajstić information content (AvgIpc) is 2.50. The molecule has 0 fully saturated rings. The Labute approximate surface area is 133 Å². The number of amides is 2. The number of urea groups is 1. The zero-order valence-corrected chi connectivity index (χ0v) is 12.7. The van der Waals surface area contributed by atoms with Crippen molar-refractivity contribution in [1.82, 2.24) is 4.90 Å². The van der Waals surface area contributed by atoms with Crippen molar-refractivity contribution in [3.63, 3.8) is 0 Å². The number of aliphatic hydroxyl groups is 1. The normalized spacial score (nSPS) is 11.8. The molecule has 0 saturated carbocycles. The van der Waals surface area contributed by atoms with Crippen LogP contribution in [0.1, 0.15) is 11.7 Å². The van der Waals surface area contributed by atoms with Gasteiger partial charge in [0.1, 0.15) is 5.82 Å². The van der Waals surface area contributed by atoms with Crippen LogP contribution in [0.3, 0.4) is 0 Å². The van der Waals surface area contributed by atoms with Gasteiger partial charge in [0.05, 0.1) is 23.4 Å². The van der Waals surface area contributed by atoms with Crippen LogP contribution in [-0.4, -0.2) is 29.6 Å². The second kappa shape index (κ2) is 7.24. The number of benzene rings is 2. The number of carbonyl (C=O) groups excluding carboxylic acids is 1. The van der Waals surface area contributed by atoms with E-state index in [1.54, 1.807) is 31.3 Å². The number of halogens is 2. The van der Waals surface area contributed by atoms with Crippen LogP contribution in [0.2, 0.25) is 5.02 Å². The molecule has 0 heterocycles. The SMILES string of the molecule is CN(CC(O)c1ccc(F)cc1)C(=O)Nc1ccccc1Cl. The predicted molar refractivity (Wildman–Crippen MR) is 84.5 cm³/mol. The quantitative estimate of drug-likeness (QED) is 0.902. The van der Waals surface area contributed by atoms with Crippen LogP contribution in [0.25, 0.3) is 0 Å². The third kappa shape index (κ3) is 4.19. The highest BCUT2D eigenvalue weighted by atomic mass is 35.5. The molecule has 0 bridgehead atoms. The minimum absolute atomic E-state index is 0.0713. The third-order valence-electron chi connectivity index (χ3n) is 3.16. The summed E-state index contributed by atoms with van der Waals surface area (Å²) in [6.07, 6.45) is -0.900. The van der Waals surface area contributed by atoms with E-state index in [-0.39, 0.29) is 12.4 Å². The van der Waals surface area contributed by atoms with Gasteiger partial charge in [-0.25, -0.2) is 9.18 Å². The molecule has 22 heavy (non-hydrogen) atoms. The Morgan fingerprint density at radius 2 is 1.91 bits per heavy atom. The van der Waals surface area contributed by atoms with Crippen LogP contribution < -0.4 is 5.32 Å². The summed E-state index contributed by atoms with van der Waals surface area (Å²) in [7, 11) is 1.55. The molecular weight excluding hydrogens is 307 g/mol. The molecule has 0 spiro atoms. The van der Waals surface area contributed by atoms with E-state index < -0.39 is 12.1 Å². The van der Waals surface area contributed by atoms with Gasteiger partial charge in [-0.15, -0.1) is 0 Å². The van der Waals surface area contributed by atoms with Crippen LogP contribution in [0.15, 0.2) is 48.5 Å². The molecule has 2 aromatic rings. The van der Waals surface area contributed by atoms with Crippen molar-refractivity contribution >= 4 is 23.3 Å². The van der Waals surface area contributed by atoms with Gasteiger partial charge in [0.25, 0.3) is 0 Å². The van der Waals surface area contributed by atoms with E-state index in [2.05, 4.69) is 5.32 Å². The van der Waals surface area contributed by atoms with E-state index in [0.29, 0.717) is 16.3 Å². The van der Waals surface area contributed by atoms with Crippen molar-refractivity contribution in [2.24, 2.45) is 0 Å². The second-order valence-corrected chi connectivity index (χ2v) is 5.27. The zero-order chi connectivity index (χ0) is 16.1. The predicted octanol–water partition coefficient (Wildman–Crippen LogP) is 3.68. The molecule has 2 rings (SSSR count). The molecule has 116 valence electrons. The molecule has 0 saturated heterocycles. The van der Waals surface area contributed by atoms with Crippen molar-refractivity contribution in [1.29, 1.82) is 0 Å². The molecule has 2 amide bonds. The van der Waals surface area contributed by atoms with E-state index in [1.807, 2.05) is 0 Å². The van der Waals surface area contributed by atoms with Crippen LogP contribution in [0, 0.1) is 5.82 Å². The van der Waals surface area contributed by atoms with Gasteiger partial charge in [-0.1, -0.05) is 35.9 Å². The number of para-hydroxylation sites is 1. The van der Waals surface area contributed by atoms with Crippen molar-refractivity contribution in [2.45, 2.75) is 6.10 Å². The Hall–Kier alpha value is -2.11. The van der Waals surface area contributed by atoms with Gasteiger partial charge < -0.3 is 15.3 Å². The number of nitrogens with zero attached hydrogens (tertiary/aromatic N) is 1. The minimum Gasteiger partial charge on any atom is -0.387 e. The maximum absolute atomic E-state index is 12.9. The Morgan fingerprint density at radius 1 is 1.27 bits per heavy atom. The Kier molecular flexibility index (Phi) is 5.35. The molecule has 0 aliphatic rings. The first kappa shape index (κ1) is 16.3. The number of rotatable bonds is 4. The molecule has 2 aromatic carbocycles. The number of hydrogen-bond acceptors (Lipinski definition) is 2. The highest BCUT2D eigenvalue weighted by Gasteiger charge is 2.16. The van der Waals surface area contributed by atoms with E-state index in [1.165, 1.54) is 29.2 Å². The summed E-state index contributed by atoms with van der Waals surface area (Å²) < 4.78 is 12.9. The lowest BCUT2D eigenvalue weighted by Crippen LogP contribution is -2.34. The molecule has 4 nitrogen and oxygen atoms in total. The van der Waals surface area contributed by atoms with Gasteiger partial charge in [0, 0.05) is 7.05 Å². The van der Waals surface area contributed by atoms with Gasteiger partial charge in [-0.05, 0) is 29.8 Å². The first-order valence-corrected chi connectivity index (χ1v) is 7.05. The van der Waals surface area contributed by atoms with E-state index in [0.717, 1.165) is 0 Å². The third-order valence-corrected chi connectivity index (χ3v) is 3.49. The number of aliphatic hydroxyl groups excluding tert-OH is 1. The summed E-state index contributed by atoms with van der Waals surface area (Å²) in [5.41, 5.74) is 1.04. The Bertz CT molecular complexity index is 649. The molecular formula is C16H16ClFN2O2. The monoisotopic (exact) mass is 322 g/mol. The summed E-state index contributed by atoms with van der Waals surface area (Å²) in [6, 6.07) is 12.0. The summed E-state index contributed by atoms with van der Waals surface area (Å²) in [6.45, 7) is 0.0713. The number of likely N-dealkylation sites (N-methyl/N-ethyl adjacent to an activating group) is 1. The zero-order valence-electron chi connectivity index (χ0n) is 12.0. The summed E-state index contributed by atoms with van der Waals surface area (Å²) in [5, 5.41) is 13.2. The van der Waals surface area contributed by atoms with Crippen molar-refractivity contribution in [3.8, 4) is 0 Å². The topological polar surface area (TPSA) is 52.6 Å². The lowest BCUT2D eigenvalue weighted by molar-refractivity contribution is 0.136. The average molecular weight is 323 g/mol. The Morgan fingerprint density at radius 3 is 2.55 bits per heavy atom. The Balaban J connectivity index is 1.96. The molecule has 0 radical (unpaired) electrons. The fourth-order valence-electron chi connectivity index (χ4n) is 1.91. The van der Waals surface area contributed by atoms with E-state index in [4.69, 9.17) is 11.6 Å². The van der Waals surface area contributed by atoms with E-state index in [9.17, 15) is 14.3 Å². The molecule has 0 aliphatic heterocycles. The highest BCUT2D eigenvalue weighted by Crippen LogP contribution is 2.21. The lowest BCUT2D eigenvalue weighted by Gasteiger charge is -2.22. The molecule has 6 heteroatoms. The first-order valence-electron chi connectivity index (χ1n) is 6.67. The number of anilines is 1. The van der Waals surface area contributed by atoms with Gasteiger partial charge >= 0.3 is 6.03 Å². The standard InChI is InChI=1S/C16H16ClFN2O2/c1-20(10-15(21)11-6-8-12(18)9-7-11)16(22)19-14-5-3-2-4-13(14)17/h2-9,15,21H,10H2,1H3,(H,19,22). The minimum atomic E-state index is -0.900. The summed E-state index contributed by atoms with van der Waals surface area (Å²) in [4.78, 5) is 13.4. The van der Waals surface area contributed by atoms with Crippen LogP contribution in [0.5, 0.6) is 0 Å². The molecule has 0 aromatic heterocycles. The van der Waals surface area contributed by atoms with Crippen molar-refractivity contribution < 1.29 is 14.3 Å². The summed E-state index contributed by atoms with van der Waals surface area (Å²) in [5.74, 6) is -0.374. The smallest absolute Gasteiger partial charge is 0.321 e. The maximum atomic E-state index is 12.9. The number of nitrogens with one attached hydrogen (secondary N) is 1. The first-order chi connectivity index (χ1) is 10.5. The summed E-state index contributed by atoms with van der Waals surface area (Å²) >= 11 is 5.97. The van der Waals surface area contributed by atoms with Gasteiger partial charge in [-0.3, -0.25) is 0 Å². The fourth-order valence-corrected chi connectivity index (χ4v) is 2.09. The molecule has 1 atom stereocenters. The largest absolute Gasteiger partial charge is 0.387 e. The van der Waals surface area contributed by atoms with E-state index >= 15 is 0 Å². The van der Waals surface area contributed by atoms with Crippen LogP contribution >= 0.6 is 11.6 Å². The van der Waals surface area contributed by atoms with Crippen molar-refractivity contribution in [3.05, 3.63) is 64.9 Å². The van der Waals surface area contributed by atoms with Gasteiger partial charge in [-0.2, -0.15) is 0 Å². The second-order valence-electron chi connectivity index (χ2n) is 4.86. The van der Waals surface area contributed by atoms with Gasteiger partial charge in [0.15, 0.2) is 0 Å². The fraction of sp³-hybridized carbons (Fsp3) is 0.188. The van der Waals surface area contributed by atoms with Crippen LogP contribution in [0.4, 0.5) is 14.9 Å². The molecule has 0 aliphatic carbocycles. The van der Waals surface area contributed by atoms with Crippen molar-refractivity contribution in [2.75, 3.05) is 18.9 Å². The van der Waals surface area contributed by atoms with Gasteiger partial charge in [0.2, 0.25) is 0 Å². The number of hydrogen-bond donors (Lipinski definition) is 2. The van der Waals surface area contributed by atoms with Crippen LogP contribution in [-0.2, 0) is 0 Å². The highest BCUT2D eigenvalue weighted by molar-refractivity contribution is 6.33. The number of carbonyl (C=O) groups is 1. The molecule has 2 N–H and O–H groups in total. The lowest BCUT2D eigenvalue weighted by atomic mass is 10.1.